The van der Waals surface area contributed by atoms with Crippen molar-refractivity contribution >= 4 is 43.0 Å². The van der Waals surface area contributed by atoms with Crippen LogP contribution in [0.4, 0.5) is 5.69 Å². The number of halogens is 1. The van der Waals surface area contributed by atoms with Crippen molar-refractivity contribution in [2.45, 2.75) is 25.7 Å². The highest BCUT2D eigenvalue weighted by Crippen LogP contribution is 2.50. The topological polar surface area (TPSA) is 72.6 Å². The van der Waals surface area contributed by atoms with Crippen LogP contribution in [-0.4, -0.2) is 21.5 Å². The van der Waals surface area contributed by atoms with Crippen LogP contribution in [0.15, 0.2) is 52.3 Å². The molecule has 1 aliphatic rings. The summed E-state index contributed by atoms with van der Waals surface area (Å²) in [7, 11) is -3.63. The molecule has 1 unspecified atom stereocenters. The Labute approximate surface area is 189 Å². The van der Waals surface area contributed by atoms with Crippen LogP contribution in [0.1, 0.15) is 36.0 Å². The van der Waals surface area contributed by atoms with Crippen molar-refractivity contribution in [1.29, 1.82) is 0 Å². The molecule has 0 spiro atoms. The number of hydrogen-bond donors (Lipinski definition) is 1. The number of nitrogens with zero attached hydrogens (tertiary/aromatic N) is 1. The smallest absolute Gasteiger partial charge is 0.213 e. The highest BCUT2D eigenvalue weighted by atomic mass is 79.9. The molecule has 2 N–H and O–H groups in total. The number of fused-ring (bicyclic) bond motifs is 3. The summed E-state index contributed by atoms with van der Waals surface area (Å²) in [6.07, 6.45) is -0.309. The van der Waals surface area contributed by atoms with Crippen molar-refractivity contribution in [2.24, 2.45) is 5.14 Å². The standard InChI is InChI=1S/C22H23BrN2O3S2/c1-3-25(4-2)17-6-5-7-18-21(17)15-9-8-14(13-30(24,26)27)12-16(15)22(28-18)19-10-11-20(23)29-19/h5-12,22H,3-4,13H2,1-2H3,(H2,24,26,27). The maximum Gasteiger partial charge on any atom is 0.213 e. The minimum atomic E-state index is -3.63. The summed E-state index contributed by atoms with van der Waals surface area (Å²) in [5.41, 5.74) is 4.84. The third kappa shape index (κ3) is 4.14. The van der Waals surface area contributed by atoms with E-state index in [0.29, 0.717) is 5.56 Å². The maximum absolute atomic E-state index is 11.7. The van der Waals surface area contributed by atoms with E-state index in [4.69, 9.17) is 9.88 Å². The van der Waals surface area contributed by atoms with E-state index in [9.17, 15) is 8.42 Å². The van der Waals surface area contributed by atoms with Crippen LogP contribution in [0.25, 0.3) is 11.1 Å². The first-order valence-corrected chi connectivity index (χ1v) is 13.1. The lowest BCUT2D eigenvalue weighted by Gasteiger charge is -2.33. The Kier molecular flexibility index (Phi) is 5.94. The second-order valence-electron chi connectivity index (χ2n) is 7.19. The first-order chi connectivity index (χ1) is 14.3. The van der Waals surface area contributed by atoms with Crippen molar-refractivity contribution in [1.82, 2.24) is 0 Å². The molecule has 1 aliphatic heterocycles. The van der Waals surface area contributed by atoms with Crippen LogP contribution in [0.2, 0.25) is 0 Å². The summed E-state index contributed by atoms with van der Waals surface area (Å²) in [4.78, 5) is 3.35. The predicted molar refractivity (Wildman–Crippen MR) is 127 cm³/mol. The number of benzene rings is 2. The molecule has 5 nitrogen and oxygen atoms in total. The molecule has 0 saturated carbocycles. The van der Waals surface area contributed by atoms with Gasteiger partial charge in [0, 0.05) is 29.9 Å². The number of rotatable bonds is 6. The number of sulfonamides is 1. The molecule has 30 heavy (non-hydrogen) atoms. The molecule has 4 rings (SSSR count). The predicted octanol–water partition coefficient (Wildman–Crippen LogP) is 5.29. The van der Waals surface area contributed by atoms with Gasteiger partial charge in [0.15, 0.2) is 6.10 Å². The molecule has 8 heteroatoms. The van der Waals surface area contributed by atoms with E-state index in [1.807, 2.05) is 42.5 Å². The van der Waals surface area contributed by atoms with Gasteiger partial charge in [-0.2, -0.15) is 0 Å². The van der Waals surface area contributed by atoms with Crippen molar-refractivity contribution in [2.75, 3.05) is 18.0 Å². The van der Waals surface area contributed by atoms with Crippen LogP contribution < -0.4 is 14.8 Å². The number of hydrogen-bond acceptors (Lipinski definition) is 5. The molecule has 3 aromatic rings. The fourth-order valence-corrected chi connectivity index (χ4v) is 6.08. The number of nitrogens with two attached hydrogens (primary N) is 1. The van der Waals surface area contributed by atoms with Gasteiger partial charge in [-0.05, 0) is 65.2 Å². The quantitative estimate of drug-likeness (QED) is 0.492. The van der Waals surface area contributed by atoms with Gasteiger partial charge in [-0.25, -0.2) is 13.6 Å². The zero-order chi connectivity index (χ0) is 21.5. The fourth-order valence-electron chi connectivity index (χ4n) is 3.97. The van der Waals surface area contributed by atoms with Gasteiger partial charge >= 0.3 is 0 Å². The Bertz CT molecular complexity index is 1190. The normalized spacial score (nSPS) is 15.3. The first kappa shape index (κ1) is 21.4. The Morgan fingerprint density at radius 3 is 2.53 bits per heavy atom. The van der Waals surface area contributed by atoms with Gasteiger partial charge in [-0.15, -0.1) is 11.3 Å². The van der Waals surface area contributed by atoms with Gasteiger partial charge < -0.3 is 9.64 Å². The largest absolute Gasteiger partial charge is 0.479 e. The summed E-state index contributed by atoms with van der Waals surface area (Å²) in [6, 6.07) is 15.9. The summed E-state index contributed by atoms with van der Waals surface area (Å²) >= 11 is 5.14. The summed E-state index contributed by atoms with van der Waals surface area (Å²) in [5.74, 6) is 0.631. The number of thiophene rings is 1. The first-order valence-electron chi connectivity index (χ1n) is 9.74. The number of ether oxygens (including phenoxy) is 1. The number of anilines is 1. The Morgan fingerprint density at radius 2 is 1.90 bits per heavy atom. The molecule has 158 valence electrons. The van der Waals surface area contributed by atoms with Gasteiger partial charge in [0.2, 0.25) is 10.0 Å². The van der Waals surface area contributed by atoms with Gasteiger partial charge in [0.25, 0.3) is 0 Å². The number of primary sulfonamides is 1. The maximum atomic E-state index is 11.7. The van der Waals surface area contributed by atoms with Gasteiger partial charge in [-0.1, -0.05) is 24.3 Å². The molecule has 2 heterocycles. The van der Waals surface area contributed by atoms with Gasteiger partial charge in [0.05, 0.1) is 14.4 Å². The highest BCUT2D eigenvalue weighted by Gasteiger charge is 2.31. The SMILES string of the molecule is CCN(CC)c1cccc2c1-c1ccc(CS(N)(=O)=O)cc1C(c1ccc(Br)s1)O2. The molecule has 1 aromatic heterocycles. The molecule has 0 bridgehead atoms. The lowest BCUT2D eigenvalue weighted by Crippen LogP contribution is -2.24. The molecule has 0 radical (unpaired) electrons. The van der Waals surface area contributed by atoms with Gasteiger partial charge in [-0.3, -0.25) is 0 Å². The van der Waals surface area contributed by atoms with E-state index < -0.39 is 10.0 Å². The molecule has 0 fully saturated rings. The second-order valence-corrected chi connectivity index (χ2v) is 11.3. The van der Waals surface area contributed by atoms with E-state index in [2.05, 4.69) is 40.7 Å². The lowest BCUT2D eigenvalue weighted by molar-refractivity contribution is 0.247. The molecular formula is C22H23BrN2O3S2. The Hall–Kier alpha value is -1.87. The van der Waals surface area contributed by atoms with Crippen molar-refractivity contribution in [3.05, 3.63) is 68.3 Å². The van der Waals surface area contributed by atoms with E-state index >= 15 is 0 Å². The lowest BCUT2D eigenvalue weighted by atomic mass is 9.89. The fraction of sp³-hybridized carbons (Fsp3) is 0.273. The highest BCUT2D eigenvalue weighted by molar-refractivity contribution is 9.11. The zero-order valence-electron chi connectivity index (χ0n) is 16.8. The average Bonchev–Trinajstić information content (AvgIpc) is 3.13. The van der Waals surface area contributed by atoms with Crippen LogP contribution in [0, 0.1) is 0 Å². The van der Waals surface area contributed by atoms with Crippen LogP contribution >= 0.6 is 27.3 Å². The van der Waals surface area contributed by atoms with Crippen LogP contribution in [0.3, 0.4) is 0 Å². The van der Waals surface area contributed by atoms with E-state index in [1.165, 1.54) is 0 Å². The molecule has 0 aliphatic carbocycles. The second kappa shape index (κ2) is 8.34. The average molecular weight is 507 g/mol. The third-order valence-electron chi connectivity index (χ3n) is 5.24. The van der Waals surface area contributed by atoms with Gasteiger partial charge in [0.1, 0.15) is 5.75 Å². The molecule has 0 amide bonds. The molecule has 2 aromatic carbocycles. The molecule has 1 atom stereocenters. The minimum absolute atomic E-state index is 0.203. The van der Waals surface area contributed by atoms with E-state index in [0.717, 1.165) is 49.9 Å². The molecular weight excluding hydrogens is 484 g/mol. The van der Waals surface area contributed by atoms with Crippen molar-refractivity contribution < 1.29 is 13.2 Å². The van der Waals surface area contributed by atoms with E-state index in [1.54, 1.807) is 11.3 Å². The minimum Gasteiger partial charge on any atom is -0.479 e. The van der Waals surface area contributed by atoms with Crippen molar-refractivity contribution in [3.8, 4) is 16.9 Å². The van der Waals surface area contributed by atoms with E-state index in [-0.39, 0.29) is 11.9 Å². The Morgan fingerprint density at radius 1 is 1.13 bits per heavy atom. The van der Waals surface area contributed by atoms with Crippen molar-refractivity contribution in [3.63, 3.8) is 0 Å². The zero-order valence-corrected chi connectivity index (χ0v) is 20.0. The summed E-state index contributed by atoms with van der Waals surface area (Å²) < 4.78 is 30.9. The van der Waals surface area contributed by atoms with Crippen LogP contribution in [-0.2, 0) is 15.8 Å². The summed E-state index contributed by atoms with van der Waals surface area (Å²) in [5, 5.41) is 5.30. The summed E-state index contributed by atoms with van der Waals surface area (Å²) in [6.45, 7) is 6.03. The Balaban J connectivity index is 1.93. The monoisotopic (exact) mass is 506 g/mol. The molecule has 0 saturated heterocycles. The van der Waals surface area contributed by atoms with Crippen LogP contribution in [0.5, 0.6) is 5.75 Å². The third-order valence-corrected chi connectivity index (χ3v) is 7.64.